The highest BCUT2D eigenvalue weighted by Gasteiger charge is 2.34. The molecule has 0 saturated heterocycles. The van der Waals surface area contributed by atoms with Gasteiger partial charge in [0.05, 0.1) is 0 Å². The van der Waals surface area contributed by atoms with Crippen LogP contribution in [0.2, 0.25) is 0 Å². The predicted octanol–water partition coefficient (Wildman–Crippen LogP) is 3.33. The first-order valence-electron chi connectivity index (χ1n) is 8.03. The number of alkyl halides is 3. The summed E-state index contributed by atoms with van der Waals surface area (Å²) in [5, 5.41) is 0. The van der Waals surface area contributed by atoms with Crippen molar-refractivity contribution in [1.82, 2.24) is 4.90 Å². The molecule has 0 unspecified atom stereocenters. The lowest BCUT2D eigenvalue weighted by Gasteiger charge is -2.43. The molecule has 0 spiro atoms. The van der Waals surface area contributed by atoms with Crippen LogP contribution in [0.1, 0.15) is 51.9 Å². The Kier molecular flexibility index (Phi) is 7.98. The van der Waals surface area contributed by atoms with Crippen molar-refractivity contribution >= 4 is 0 Å². The summed E-state index contributed by atoms with van der Waals surface area (Å²) in [6, 6.07) is 0. The van der Waals surface area contributed by atoms with Crippen LogP contribution in [0.15, 0.2) is 0 Å². The predicted molar refractivity (Wildman–Crippen MR) is 78.2 cm³/mol. The van der Waals surface area contributed by atoms with E-state index in [0.717, 1.165) is 25.9 Å². The number of rotatable bonds is 8. The lowest BCUT2D eigenvalue weighted by Crippen LogP contribution is -2.54. The largest absolute Gasteiger partial charge is 0.411 e. The molecule has 126 valence electrons. The van der Waals surface area contributed by atoms with Gasteiger partial charge in [0, 0.05) is 25.2 Å². The lowest BCUT2D eigenvalue weighted by molar-refractivity contribution is -0.174. The maximum absolute atomic E-state index is 12.0. The molecular weight excluding hydrogens is 281 g/mol. The second kappa shape index (κ2) is 8.96. The van der Waals surface area contributed by atoms with Gasteiger partial charge in [0.1, 0.15) is 6.61 Å². The Morgan fingerprint density at radius 3 is 2.24 bits per heavy atom. The van der Waals surface area contributed by atoms with Crippen molar-refractivity contribution in [3.05, 3.63) is 0 Å². The molecule has 0 radical (unpaired) electrons. The summed E-state index contributed by atoms with van der Waals surface area (Å²) >= 11 is 0. The fraction of sp³-hybridized carbons (Fsp3) is 1.00. The van der Waals surface area contributed by atoms with Crippen molar-refractivity contribution in [2.24, 2.45) is 5.73 Å². The van der Waals surface area contributed by atoms with E-state index in [1.807, 2.05) is 0 Å². The molecule has 1 fully saturated rings. The number of nitrogens with two attached hydrogens (primary N) is 1. The van der Waals surface area contributed by atoms with E-state index in [4.69, 9.17) is 5.73 Å². The monoisotopic (exact) mass is 310 g/mol. The summed E-state index contributed by atoms with van der Waals surface area (Å²) in [4.78, 5) is 2.36. The van der Waals surface area contributed by atoms with Crippen molar-refractivity contribution < 1.29 is 17.9 Å². The molecule has 21 heavy (non-hydrogen) atoms. The standard InChI is InChI=1S/C15H29F3N2O/c1-2-20(10-7-11-21-13-15(16,17)18)14(12-19)8-5-3-4-6-9-14/h2-13,19H2,1H3. The number of halogens is 3. The van der Waals surface area contributed by atoms with E-state index >= 15 is 0 Å². The first kappa shape index (κ1) is 18.7. The molecule has 0 aromatic rings. The number of nitrogens with zero attached hydrogens (tertiary/aromatic N) is 1. The van der Waals surface area contributed by atoms with Gasteiger partial charge in [-0.15, -0.1) is 0 Å². The van der Waals surface area contributed by atoms with Crippen LogP contribution in [0.5, 0.6) is 0 Å². The molecule has 1 aliphatic rings. The molecule has 2 N–H and O–H groups in total. The van der Waals surface area contributed by atoms with E-state index in [0.29, 0.717) is 13.0 Å². The van der Waals surface area contributed by atoms with Gasteiger partial charge in [-0.2, -0.15) is 13.2 Å². The Labute approximate surface area is 126 Å². The maximum Gasteiger partial charge on any atom is 0.411 e. The molecule has 0 atom stereocenters. The zero-order valence-electron chi connectivity index (χ0n) is 13.1. The van der Waals surface area contributed by atoms with Crippen LogP contribution in [0.4, 0.5) is 13.2 Å². The van der Waals surface area contributed by atoms with Gasteiger partial charge < -0.3 is 10.5 Å². The molecule has 0 heterocycles. The van der Waals surface area contributed by atoms with Gasteiger partial charge in [0.2, 0.25) is 0 Å². The molecule has 1 aliphatic carbocycles. The fourth-order valence-electron chi connectivity index (χ4n) is 3.31. The SMILES string of the molecule is CCN(CCCOCC(F)(F)F)C1(CN)CCCCCC1. The fourth-order valence-corrected chi connectivity index (χ4v) is 3.31. The average Bonchev–Trinajstić information content (AvgIpc) is 2.68. The van der Waals surface area contributed by atoms with E-state index in [9.17, 15) is 13.2 Å². The summed E-state index contributed by atoms with van der Waals surface area (Å²) < 4.78 is 40.7. The molecule has 1 rings (SSSR count). The summed E-state index contributed by atoms with van der Waals surface area (Å²) in [6.45, 7) is 3.36. The molecule has 0 aliphatic heterocycles. The van der Waals surface area contributed by atoms with Gasteiger partial charge >= 0.3 is 6.18 Å². The molecule has 1 saturated carbocycles. The highest BCUT2D eigenvalue weighted by molar-refractivity contribution is 4.92. The Hall–Kier alpha value is -0.330. The van der Waals surface area contributed by atoms with E-state index in [-0.39, 0.29) is 12.1 Å². The van der Waals surface area contributed by atoms with Crippen LogP contribution in [0.25, 0.3) is 0 Å². The van der Waals surface area contributed by atoms with E-state index in [2.05, 4.69) is 16.6 Å². The topological polar surface area (TPSA) is 38.5 Å². The second-order valence-electron chi connectivity index (χ2n) is 5.94. The second-order valence-corrected chi connectivity index (χ2v) is 5.94. The Morgan fingerprint density at radius 2 is 1.76 bits per heavy atom. The third-order valence-electron chi connectivity index (χ3n) is 4.45. The van der Waals surface area contributed by atoms with Gasteiger partial charge in [0.15, 0.2) is 0 Å². The van der Waals surface area contributed by atoms with Gasteiger partial charge in [-0.25, -0.2) is 0 Å². The smallest absolute Gasteiger partial charge is 0.372 e. The van der Waals surface area contributed by atoms with Crippen LogP contribution in [-0.2, 0) is 4.74 Å². The first-order chi connectivity index (χ1) is 9.93. The Bertz CT molecular complexity index is 277. The van der Waals surface area contributed by atoms with Crippen LogP contribution in [-0.4, -0.2) is 49.5 Å². The van der Waals surface area contributed by atoms with E-state index < -0.39 is 12.8 Å². The number of hydrogen-bond acceptors (Lipinski definition) is 3. The summed E-state index contributed by atoms with van der Waals surface area (Å²) in [6.07, 6.45) is 3.48. The summed E-state index contributed by atoms with van der Waals surface area (Å²) in [7, 11) is 0. The number of hydrogen-bond donors (Lipinski definition) is 1. The van der Waals surface area contributed by atoms with Crippen LogP contribution in [0.3, 0.4) is 0 Å². The third-order valence-corrected chi connectivity index (χ3v) is 4.45. The molecule has 0 bridgehead atoms. The zero-order valence-corrected chi connectivity index (χ0v) is 13.1. The summed E-state index contributed by atoms with van der Waals surface area (Å²) in [5.41, 5.74) is 6.09. The van der Waals surface area contributed by atoms with Crippen molar-refractivity contribution in [3.63, 3.8) is 0 Å². The van der Waals surface area contributed by atoms with E-state index in [1.165, 1.54) is 25.7 Å². The van der Waals surface area contributed by atoms with Crippen molar-refractivity contribution in [1.29, 1.82) is 0 Å². The zero-order chi connectivity index (χ0) is 15.8. The number of ether oxygens (including phenoxy) is 1. The average molecular weight is 310 g/mol. The minimum atomic E-state index is -4.23. The summed E-state index contributed by atoms with van der Waals surface area (Å²) in [5.74, 6) is 0. The minimum absolute atomic E-state index is 0.0370. The number of likely N-dealkylation sites (N-methyl/N-ethyl adjacent to an activating group) is 1. The molecule has 6 heteroatoms. The van der Waals surface area contributed by atoms with Gasteiger partial charge in [-0.05, 0) is 25.8 Å². The van der Waals surface area contributed by atoms with Gasteiger partial charge in [-0.3, -0.25) is 4.90 Å². The maximum atomic E-state index is 12.0. The molecular formula is C15H29F3N2O. The first-order valence-corrected chi connectivity index (χ1v) is 8.03. The third kappa shape index (κ3) is 6.53. The van der Waals surface area contributed by atoms with Crippen LogP contribution in [0, 0.1) is 0 Å². The quantitative estimate of drug-likeness (QED) is 0.552. The van der Waals surface area contributed by atoms with Crippen molar-refractivity contribution in [3.8, 4) is 0 Å². The lowest BCUT2D eigenvalue weighted by atomic mass is 9.88. The normalized spacial score (nSPS) is 19.7. The van der Waals surface area contributed by atoms with Gasteiger partial charge in [-0.1, -0.05) is 32.6 Å². The van der Waals surface area contributed by atoms with Gasteiger partial charge in [0.25, 0.3) is 0 Å². The Balaban J connectivity index is 2.41. The molecule has 0 aromatic heterocycles. The van der Waals surface area contributed by atoms with Crippen molar-refractivity contribution in [2.45, 2.75) is 63.6 Å². The minimum Gasteiger partial charge on any atom is -0.372 e. The Morgan fingerprint density at radius 1 is 1.14 bits per heavy atom. The molecule has 0 aromatic carbocycles. The van der Waals surface area contributed by atoms with Crippen molar-refractivity contribution in [2.75, 3.05) is 32.8 Å². The van der Waals surface area contributed by atoms with E-state index in [1.54, 1.807) is 0 Å². The molecule has 3 nitrogen and oxygen atoms in total. The van der Waals surface area contributed by atoms with Crippen LogP contribution >= 0.6 is 0 Å². The highest BCUT2D eigenvalue weighted by atomic mass is 19.4. The highest BCUT2D eigenvalue weighted by Crippen LogP contribution is 2.31. The molecule has 0 amide bonds. The van der Waals surface area contributed by atoms with Crippen LogP contribution < -0.4 is 5.73 Å².